The zero-order valence-corrected chi connectivity index (χ0v) is 25.2. The molecule has 0 fully saturated rings. The molecule has 0 bridgehead atoms. The molecule has 0 unspecified atom stereocenters. The molecule has 0 aromatic heterocycles. The number of rotatable bonds is 14. The third-order valence-electron chi connectivity index (χ3n) is 8.23. The monoisotopic (exact) mass is 584 g/mol. The lowest BCUT2D eigenvalue weighted by Gasteiger charge is -2.37. The van der Waals surface area contributed by atoms with E-state index in [9.17, 15) is 9.90 Å². The average Bonchev–Trinajstić information content (AvgIpc) is 3.09. The molecular weight excluding hydrogens is 544 g/mol. The van der Waals surface area contributed by atoms with Crippen LogP contribution in [0.2, 0.25) is 0 Å². The van der Waals surface area contributed by atoms with Crippen molar-refractivity contribution in [3.05, 3.63) is 179 Å². The van der Waals surface area contributed by atoms with Crippen LogP contribution in [0.4, 0.5) is 0 Å². The molecule has 0 saturated heterocycles. The molecule has 0 aliphatic carbocycles. The van der Waals surface area contributed by atoms with Crippen molar-refractivity contribution in [2.45, 2.75) is 37.4 Å². The normalized spacial score (nSPS) is 12.9. The highest BCUT2D eigenvalue weighted by Crippen LogP contribution is 2.41. The number of hydrogen-bond acceptors (Lipinski definition) is 4. The van der Waals surface area contributed by atoms with Gasteiger partial charge in [-0.1, -0.05) is 152 Å². The molecule has 4 heteroatoms. The minimum absolute atomic E-state index is 0.0278. The van der Waals surface area contributed by atoms with Crippen LogP contribution in [-0.2, 0) is 19.9 Å². The van der Waals surface area contributed by atoms with E-state index in [1.165, 1.54) is 11.1 Å². The first-order valence-corrected chi connectivity index (χ1v) is 15.4. The van der Waals surface area contributed by atoms with Gasteiger partial charge >= 0.3 is 5.97 Å². The maximum Gasteiger partial charge on any atom is 0.313 e. The lowest BCUT2D eigenvalue weighted by Crippen LogP contribution is -2.40. The summed E-state index contributed by atoms with van der Waals surface area (Å²) >= 11 is 0. The van der Waals surface area contributed by atoms with Crippen LogP contribution in [0.5, 0.6) is 0 Å². The lowest BCUT2D eigenvalue weighted by molar-refractivity contribution is -0.157. The van der Waals surface area contributed by atoms with Gasteiger partial charge in [-0.15, -0.1) is 0 Å². The molecule has 0 heterocycles. The zero-order valence-electron chi connectivity index (χ0n) is 25.2. The Kier molecular flexibility index (Phi) is 10.7. The maximum absolute atomic E-state index is 13.4. The van der Waals surface area contributed by atoms with Gasteiger partial charge in [0.15, 0.2) is 0 Å². The van der Waals surface area contributed by atoms with E-state index in [4.69, 9.17) is 9.47 Å². The molecule has 0 amide bonds. The number of carbonyl (C=O) groups excluding carboxylic acids is 1. The molecule has 0 aliphatic heterocycles. The van der Waals surface area contributed by atoms with Crippen molar-refractivity contribution >= 4 is 5.97 Å². The molecule has 0 aliphatic rings. The van der Waals surface area contributed by atoms with Gasteiger partial charge in [-0.05, 0) is 47.6 Å². The summed E-state index contributed by atoms with van der Waals surface area (Å²) in [5.41, 5.74) is 4.13. The molecule has 1 N–H and O–H groups in total. The predicted molar refractivity (Wildman–Crippen MR) is 175 cm³/mol. The van der Waals surface area contributed by atoms with E-state index in [2.05, 4.69) is 24.3 Å². The Labute approximate surface area is 260 Å². The van der Waals surface area contributed by atoms with Crippen molar-refractivity contribution in [2.75, 3.05) is 13.2 Å². The van der Waals surface area contributed by atoms with Crippen LogP contribution in [0.1, 0.15) is 53.5 Å². The van der Waals surface area contributed by atoms with Gasteiger partial charge in [-0.25, -0.2) is 0 Å². The first-order chi connectivity index (χ1) is 21.6. The molecule has 0 radical (unpaired) electrons. The van der Waals surface area contributed by atoms with Crippen molar-refractivity contribution in [3.63, 3.8) is 0 Å². The highest BCUT2D eigenvalue weighted by atomic mass is 16.5. The van der Waals surface area contributed by atoms with Gasteiger partial charge < -0.3 is 14.6 Å². The van der Waals surface area contributed by atoms with Crippen molar-refractivity contribution in [2.24, 2.45) is 5.92 Å². The average molecular weight is 585 g/mol. The number of hydrogen-bond donors (Lipinski definition) is 1. The molecule has 0 saturated carbocycles. The number of aliphatic hydroxyl groups is 1. The van der Waals surface area contributed by atoms with E-state index in [1.54, 1.807) is 6.92 Å². The molecule has 0 spiro atoms. The minimum atomic E-state index is -1.01. The molecule has 5 rings (SSSR count). The molecular formula is C40H40O4. The summed E-state index contributed by atoms with van der Waals surface area (Å²) in [5.74, 6) is -1.26. The highest BCUT2D eigenvalue weighted by Gasteiger charge is 2.40. The van der Waals surface area contributed by atoms with E-state index in [-0.39, 0.29) is 19.1 Å². The highest BCUT2D eigenvalue weighted by molar-refractivity contribution is 5.73. The van der Waals surface area contributed by atoms with E-state index in [0.717, 1.165) is 16.7 Å². The molecule has 224 valence electrons. The van der Waals surface area contributed by atoms with Crippen LogP contribution in [0.3, 0.4) is 0 Å². The van der Waals surface area contributed by atoms with Crippen LogP contribution in [0.15, 0.2) is 152 Å². The Morgan fingerprint density at radius 1 is 0.614 bits per heavy atom. The summed E-state index contributed by atoms with van der Waals surface area (Å²) in [5, 5.41) is 11.7. The summed E-state index contributed by atoms with van der Waals surface area (Å²) in [6, 6.07) is 50.7. The summed E-state index contributed by atoms with van der Waals surface area (Å²) in [6.45, 7) is 1.98. The SMILES string of the molecule is CCOC(=O)[C@H](COC(c1ccccc1)(c1ccccc1)c1ccccc1)[C@@H](O)CCC(c1ccccc1)c1ccccc1. The molecule has 44 heavy (non-hydrogen) atoms. The Hall–Kier alpha value is -4.51. The summed E-state index contributed by atoms with van der Waals surface area (Å²) in [6.07, 6.45) is 0.0896. The molecule has 2 atom stereocenters. The van der Waals surface area contributed by atoms with Gasteiger partial charge in [0.1, 0.15) is 11.5 Å². The summed E-state index contributed by atoms with van der Waals surface area (Å²) in [7, 11) is 0. The van der Waals surface area contributed by atoms with Crippen LogP contribution < -0.4 is 0 Å². The second kappa shape index (κ2) is 15.3. The van der Waals surface area contributed by atoms with E-state index < -0.39 is 23.6 Å². The van der Waals surface area contributed by atoms with Crippen LogP contribution in [-0.4, -0.2) is 30.4 Å². The Morgan fingerprint density at radius 3 is 1.39 bits per heavy atom. The van der Waals surface area contributed by atoms with Gasteiger partial charge in [0, 0.05) is 5.92 Å². The van der Waals surface area contributed by atoms with Gasteiger partial charge in [-0.3, -0.25) is 4.79 Å². The number of aliphatic hydroxyl groups excluding tert-OH is 1. The largest absolute Gasteiger partial charge is 0.466 e. The lowest BCUT2D eigenvalue weighted by atomic mass is 9.80. The molecule has 5 aromatic carbocycles. The first-order valence-electron chi connectivity index (χ1n) is 15.4. The molecule has 5 aromatic rings. The number of carbonyl (C=O) groups is 1. The third kappa shape index (κ3) is 7.16. The topological polar surface area (TPSA) is 55.8 Å². The quantitative estimate of drug-likeness (QED) is 0.106. The second-order valence-corrected chi connectivity index (χ2v) is 11.0. The van der Waals surface area contributed by atoms with Crippen LogP contribution >= 0.6 is 0 Å². The first kappa shape index (κ1) is 30.9. The Balaban J connectivity index is 1.47. The second-order valence-electron chi connectivity index (χ2n) is 11.0. The van der Waals surface area contributed by atoms with Gasteiger partial charge in [-0.2, -0.15) is 0 Å². The predicted octanol–water partition coefficient (Wildman–Crippen LogP) is 8.15. The van der Waals surface area contributed by atoms with Gasteiger partial charge in [0.2, 0.25) is 0 Å². The number of ether oxygens (including phenoxy) is 2. The number of esters is 1. The standard InChI is InChI=1S/C40H40O4/c1-2-43-39(42)37(38(41)29-28-36(31-18-8-3-9-19-31)32-20-10-4-11-21-32)30-44-40(33-22-12-5-13-23-33,34-24-14-6-15-25-34)35-26-16-7-17-27-35/h3-27,36-38,41H,2,28-30H2,1H3/t37-,38+/m1/s1. The van der Waals surface area contributed by atoms with E-state index >= 15 is 0 Å². The zero-order chi connectivity index (χ0) is 30.6. The van der Waals surface area contributed by atoms with Crippen molar-refractivity contribution in [1.29, 1.82) is 0 Å². The third-order valence-corrected chi connectivity index (χ3v) is 8.23. The minimum Gasteiger partial charge on any atom is -0.466 e. The fourth-order valence-electron chi connectivity index (χ4n) is 6.00. The van der Waals surface area contributed by atoms with Gasteiger partial charge in [0.05, 0.1) is 19.3 Å². The van der Waals surface area contributed by atoms with Crippen molar-refractivity contribution < 1.29 is 19.4 Å². The fourth-order valence-corrected chi connectivity index (χ4v) is 6.00. The van der Waals surface area contributed by atoms with Gasteiger partial charge in [0.25, 0.3) is 0 Å². The van der Waals surface area contributed by atoms with E-state index in [1.807, 2.05) is 127 Å². The Morgan fingerprint density at radius 2 is 1.00 bits per heavy atom. The molecule has 4 nitrogen and oxygen atoms in total. The Bertz CT molecular complexity index is 1400. The van der Waals surface area contributed by atoms with Crippen molar-refractivity contribution in [3.8, 4) is 0 Å². The van der Waals surface area contributed by atoms with E-state index in [0.29, 0.717) is 12.8 Å². The summed E-state index contributed by atoms with van der Waals surface area (Å²) < 4.78 is 12.5. The maximum atomic E-state index is 13.4. The van der Waals surface area contributed by atoms with Crippen LogP contribution in [0, 0.1) is 5.92 Å². The fraction of sp³-hybridized carbons (Fsp3) is 0.225. The van der Waals surface area contributed by atoms with Crippen molar-refractivity contribution in [1.82, 2.24) is 0 Å². The summed E-state index contributed by atoms with van der Waals surface area (Å²) in [4.78, 5) is 13.4. The van der Waals surface area contributed by atoms with Crippen LogP contribution in [0.25, 0.3) is 0 Å². The smallest absolute Gasteiger partial charge is 0.313 e. The number of benzene rings is 5.